The van der Waals surface area contributed by atoms with Crippen LogP contribution in [0.3, 0.4) is 0 Å². The molecule has 1 N–H and O–H groups in total. The Morgan fingerprint density at radius 1 is 0.889 bits per heavy atom. The van der Waals surface area contributed by atoms with Crippen molar-refractivity contribution in [3.8, 4) is 11.1 Å². The molecule has 3 aromatic rings. The van der Waals surface area contributed by atoms with Crippen LogP contribution in [-0.4, -0.2) is 11.5 Å². The maximum atomic E-state index is 13.0. The minimum atomic E-state index is -4.33. The van der Waals surface area contributed by atoms with E-state index in [0.717, 1.165) is 28.5 Å². The Hall–Kier alpha value is -2.66. The molecule has 0 aliphatic rings. The first-order chi connectivity index (χ1) is 12.9. The summed E-state index contributed by atoms with van der Waals surface area (Å²) in [7, 11) is 0. The second-order valence-corrected chi connectivity index (χ2v) is 6.42. The second kappa shape index (κ2) is 8.35. The third kappa shape index (κ3) is 4.95. The highest BCUT2D eigenvalue weighted by atomic mass is 19.4. The van der Waals surface area contributed by atoms with E-state index in [1.807, 2.05) is 43.5 Å². The number of rotatable bonds is 6. The van der Waals surface area contributed by atoms with Gasteiger partial charge in [-0.1, -0.05) is 48.5 Å². The fourth-order valence-corrected chi connectivity index (χ4v) is 3.02. The molecule has 1 aromatic heterocycles. The molecule has 0 atom stereocenters. The van der Waals surface area contributed by atoms with Crippen LogP contribution < -0.4 is 5.32 Å². The van der Waals surface area contributed by atoms with Gasteiger partial charge in [-0.05, 0) is 48.7 Å². The van der Waals surface area contributed by atoms with Crippen molar-refractivity contribution in [2.75, 3.05) is 6.54 Å². The number of pyridine rings is 1. The summed E-state index contributed by atoms with van der Waals surface area (Å²) in [5.41, 5.74) is 3.84. The molecule has 5 heteroatoms. The lowest BCUT2D eigenvalue weighted by Crippen LogP contribution is -2.20. The normalized spacial score (nSPS) is 11.6. The molecule has 0 unspecified atom stereocenters. The number of nitrogens with zero attached hydrogens (tertiary/aromatic N) is 1. The summed E-state index contributed by atoms with van der Waals surface area (Å²) in [4.78, 5) is 4.46. The molecule has 1 heterocycles. The van der Waals surface area contributed by atoms with Gasteiger partial charge < -0.3 is 5.32 Å². The zero-order valence-corrected chi connectivity index (χ0v) is 15.1. The number of halogens is 3. The molecule has 0 radical (unpaired) electrons. The minimum absolute atomic E-state index is 0.181. The molecule has 3 rings (SSSR count). The van der Waals surface area contributed by atoms with Crippen LogP contribution in [0.2, 0.25) is 0 Å². The summed E-state index contributed by atoms with van der Waals surface area (Å²) in [6.45, 7) is 2.70. The Bertz CT molecular complexity index is 890. The number of alkyl halides is 3. The van der Waals surface area contributed by atoms with Crippen molar-refractivity contribution in [3.05, 3.63) is 89.2 Å². The number of aromatic nitrogens is 1. The van der Waals surface area contributed by atoms with E-state index in [1.54, 1.807) is 6.07 Å². The molecule has 0 bridgehead atoms. The van der Waals surface area contributed by atoms with E-state index in [1.165, 1.54) is 12.1 Å². The zero-order valence-electron chi connectivity index (χ0n) is 15.1. The highest BCUT2D eigenvalue weighted by Crippen LogP contribution is 2.31. The predicted molar refractivity (Wildman–Crippen MR) is 101 cm³/mol. The maximum Gasteiger partial charge on any atom is 0.416 e. The summed E-state index contributed by atoms with van der Waals surface area (Å²) < 4.78 is 39.1. The van der Waals surface area contributed by atoms with Crippen LogP contribution in [0.4, 0.5) is 13.2 Å². The van der Waals surface area contributed by atoms with Crippen LogP contribution in [-0.2, 0) is 19.1 Å². The second-order valence-electron chi connectivity index (χ2n) is 6.42. The van der Waals surface area contributed by atoms with Crippen LogP contribution in [0, 0.1) is 6.92 Å². The Kier molecular flexibility index (Phi) is 5.91. The minimum Gasteiger partial charge on any atom is -0.312 e. The molecule has 0 aliphatic carbocycles. The molecule has 0 aliphatic heterocycles. The maximum absolute atomic E-state index is 13.0. The van der Waals surface area contributed by atoms with E-state index < -0.39 is 11.7 Å². The van der Waals surface area contributed by atoms with Crippen molar-refractivity contribution in [2.24, 2.45) is 0 Å². The standard InChI is InChI=1S/C22H21F3N2/c1-16-18(13-20(15-27-16)17-7-3-2-4-8-17)11-12-26-14-19-9-5-6-10-21(19)22(23,24)25/h2-10,13,15,26H,11-12,14H2,1H3. The van der Waals surface area contributed by atoms with Crippen LogP contribution >= 0.6 is 0 Å². The monoisotopic (exact) mass is 370 g/mol. The zero-order chi connectivity index (χ0) is 19.3. The third-order valence-electron chi connectivity index (χ3n) is 4.51. The van der Waals surface area contributed by atoms with E-state index >= 15 is 0 Å². The lowest BCUT2D eigenvalue weighted by atomic mass is 10.0. The van der Waals surface area contributed by atoms with Crippen LogP contribution in [0.1, 0.15) is 22.4 Å². The molecule has 0 spiro atoms. The van der Waals surface area contributed by atoms with Crippen LogP contribution in [0.5, 0.6) is 0 Å². The molecule has 0 fully saturated rings. The summed E-state index contributed by atoms with van der Waals surface area (Å²) in [6, 6.07) is 17.8. The molecule has 0 saturated carbocycles. The van der Waals surface area contributed by atoms with Gasteiger partial charge in [0, 0.05) is 24.0 Å². The van der Waals surface area contributed by atoms with Gasteiger partial charge in [-0.2, -0.15) is 13.2 Å². The number of nitrogens with one attached hydrogen (secondary N) is 1. The first kappa shape index (κ1) is 19.1. The van der Waals surface area contributed by atoms with Crippen molar-refractivity contribution in [3.63, 3.8) is 0 Å². The summed E-state index contributed by atoms with van der Waals surface area (Å²) in [5.74, 6) is 0. The van der Waals surface area contributed by atoms with Crippen molar-refractivity contribution in [1.82, 2.24) is 10.3 Å². The van der Waals surface area contributed by atoms with Gasteiger partial charge >= 0.3 is 6.18 Å². The number of benzene rings is 2. The molecule has 2 aromatic carbocycles. The number of aryl methyl sites for hydroxylation is 1. The van der Waals surface area contributed by atoms with Gasteiger partial charge in [0.25, 0.3) is 0 Å². The van der Waals surface area contributed by atoms with Crippen molar-refractivity contribution < 1.29 is 13.2 Å². The fraction of sp³-hybridized carbons (Fsp3) is 0.227. The van der Waals surface area contributed by atoms with E-state index in [0.29, 0.717) is 13.0 Å². The summed E-state index contributed by atoms with van der Waals surface area (Å²) in [6.07, 6.45) is -1.78. The molecule has 27 heavy (non-hydrogen) atoms. The molecule has 140 valence electrons. The SMILES string of the molecule is Cc1ncc(-c2ccccc2)cc1CCNCc1ccccc1C(F)(F)F. The number of hydrogen-bond acceptors (Lipinski definition) is 2. The van der Waals surface area contributed by atoms with E-state index in [9.17, 15) is 13.2 Å². The Balaban J connectivity index is 1.63. The fourth-order valence-electron chi connectivity index (χ4n) is 3.02. The van der Waals surface area contributed by atoms with Crippen LogP contribution in [0.25, 0.3) is 11.1 Å². The lowest BCUT2D eigenvalue weighted by molar-refractivity contribution is -0.138. The molecule has 0 saturated heterocycles. The third-order valence-corrected chi connectivity index (χ3v) is 4.51. The van der Waals surface area contributed by atoms with Crippen molar-refractivity contribution >= 4 is 0 Å². The van der Waals surface area contributed by atoms with Gasteiger partial charge in [0.15, 0.2) is 0 Å². The van der Waals surface area contributed by atoms with Crippen molar-refractivity contribution in [1.29, 1.82) is 0 Å². The molecular weight excluding hydrogens is 349 g/mol. The first-order valence-electron chi connectivity index (χ1n) is 8.82. The van der Waals surface area contributed by atoms with Gasteiger partial charge in [-0.3, -0.25) is 4.98 Å². The van der Waals surface area contributed by atoms with Crippen molar-refractivity contribution in [2.45, 2.75) is 26.1 Å². The molecule has 2 nitrogen and oxygen atoms in total. The smallest absolute Gasteiger partial charge is 0.312 e. The summed E-state index contributed by atoms with van der Waals surface area (Å²) >= 11 is 0. The topological polar surface area (TPSA) is 24.9 Å². The Morgan fingerprint density at radius 2 is 1.59 bits per heavy atom. The predicted octanol–water partition coefficient (Wildman–Crippen LogP) is 5.41. The molecule has 0 amide bonds. The van der Waals surface area contributed by atoms with Gasteiger partial charge in [0.1, 0.15) is 0 Å². The lowest BCUT2D eigenvalue weighted by Gasteiger charge is -2.14. The van der Waals surface area contributed by atoms with Gasteiger partial charge in [0.05, 0.1) is 5.56 Å². The average Bonchev–Trinajstić information content (AvgIpc) is 2.67. The average molecular weight is 370 g/mol. The quantitative estimate of drug-likeness (QED) is 0.587. The van der Waals surface area contributed by atoms with E-state index in [4.69, 9.17) is 0 Å². The Morgan fingerprint density at radius 3 is 2.33 bits per heavy atom. The largest absolute Gasteiger partial charge is 0.416 e. The van der Waals surface area contributed by atoms with Crippen LogP contribution in [0.15, 0.2) is 66.9 Å². The highest BCUT2D eigenvalue weighted by Gasteiger charge is 2.32. The first-order valence-corrected chi connectivity index (χ1v) is 8.82. The molecular formula is C22H21F3N2. The summed E-state index contributed by atoms with van der Waals surface area (Å²) in [5, 5.41) is 3.12. The van der Waals surface area contributed by atoms with E-state index in [-0.39, 0.29) is 12.1 Å². The highest BCUT2D eigenvalue weighted by molar-refractivity contribution is 5.63. The van der Waals surface area contributed by atoms with Gasteiger partial charge in [-0.15, -0.1) is 0 Å². The van der Waals surface area contributed by atoms with Gasteiger partial charge in [-0.25, -0.2) is 0 Å². The number of hydrogen-bond donors (Lipinski definition) is 1. The van der Waals surface area contributed by atoms with Gasteiger partial charge in [0.2, 0.25) is 0 Å². The Labute approximate surface area is 157 Å². The van der Waals surface area contributed by atoms with E-state index in [2.05, 4.69) is 16.4 Å².